The van der Waals surface area contributed by atoms with Crippen LogP contribution in [0.1, 0.15) is 36.5 Å². The number of rotatable bonds is 4. The maximum Gasteiger partial charge on any atom is 0.302 e. The second-order valence-corrected chi connectivity index (χ2v) is 6.72. The fourth-order valence-electron chi connectivity index (χ4n) is 3.88. The van der Waals surface area contributed by atoms with E-state index in [1.54, 1.807) is 0 Å². The van der Waals surface area contributed by atoms with Gasteiger partial charge in [0.2, 0.25) is 0 Å². The zero-order chi connectivity index (χ0) is 18.1. The molecule has 0 aliphatic carbocycles. The van der Waals surface area contributed by atoms with Crippen LogP contribution in [0.3, 0.4) is 0 Å². The Balaban J connectivity index is 1.63. The molecular weight excluding hydrogens is 326 g/mol. The molecule has 2 fully saturated rings. The number of benzene rings is 1. The van der Waals surface area contributed by atoms with Crippen LogP contribution < -0.4 is 5.32 Å². The van der Waals surface area contributed by atoms with Crippen LogP contribution in [-0.2, 0) is 9.53 Å². The van der Waals surface area contributed by atoms with Gasteiger partial charge in [0.05, 0.1) is 4.92 Å². The molecule has 3 rings (SSSR count). The molecule has 0 aromatic heterocycles. The summed E-state index contributed by atoms with van der Waals surface area (Å²) in [6, 6.07) is 5.93. The van der Waals surface area contributed by atoms with E-state index in [4.69, 9.17) is 4.74 Å². The number of piperidine rings is 1. The summed E-state index contributed by atoms with van der Waals surface area (Å²) in [6.07, 6.45) is 2.16. The van der Waals surface area contributed by atoms with Crippen LogP contribution in [0.15, 0.2) is 24.3 Å². The van der Waals surface area contributed by atoms with Crippen LogP contribution >= 0.6 is 0 Å². The van der Waals surface area contributed by atoms with Gasteiger partial charge in [-0.15, -0.1) is 0 Å². The van der Waals surface area contributed by atoms with Gasteiger partial charge in [-0.1, -0.05) is 0 Å². The monoisotopic (exact) mass is 347 g/mol. The third-order valence-corrected chi connectivity index (χ3v) is 5.11. The molecule has 2 bridgehead atoms. The number of carbonyl (C=O) groups excluding carboxylic acids is 2. The normalized spacial score (nSPS) is 28.4. The highest BCUT2D eigenvalue weighted by atomic mass is 16.6. The molecule has 8 nitrogen and oxygen atoms in total. The number of esters is 1. The molecule has 2 saturated heterocycles. The van der Waals surface area contributed by atoms with Crippen molar-refractivity contribution in [1.82, 2.24) is 10.2 Å². The topological polar surface area (TPSA) is 102 Å². The number of ether oxygens (including phenoxy) is 1. The van der Waals surface area contributed by atoms with Crippen molar-refractivity contribution in [2.45, 2.75) is 50.4 Å². The fraction of sp³-hybridized carbons (Fsp3) is 0.529. The van der Waals surface area contributed by atoms with Gasteiger partial charge >= 0.3 is 5.97 Å². The van der Waals surface area contributed by atoms with E-state index in [1.807, 2.05) is 7.05 Å². The Hall–Kier alpha value is -2.48. The standard InChI is InChI=1S/C17H21N3O5/c1-10(21)25-16-9-14-7-12(8-15(16)19(14)2)18-17(22)11-3-5-13(6-4-11)20(23)24/h3-6,12,14-16H,7-9H2,1-2H3,(H,18,22). The Kier molecular flexibility index (Phi) is 4.71. The van der Waals surface area contributed by atoms with Crippen LogP contribution in [0.5, 0.6) is 0 Å². The van der Waals surface area contributed by atoms with Crippen LogP contribution in [0, 0.1) is 10.1 Å². The Morgan fingerprint density at radius 2 is 1.92 bits per heavy atom. The van der Waals surface area contributed by atoms with E-state index in [9.17, 15) is 19.7 Å². The zero-order valence-electron chi connectivity index (χ0n) is 14.2. The van der Waals surface area contributed by atoms with Crippen molar-refractivity contribution in [1.29, 1.82) is 0 Å². The van der Waals surface area contributed by atoms with Gasteiger partial charge in [0.25, 0.3) is 11.6 Å². The van der Waals surface area contributed by atoms with Crippen LogP contribution in [0.4, 0.5) is 5.69 Å². The van der Waals surface area contributed by atoms with Crippen molar-refractivity contribution in [3.8, 4) is 0 Å². The van der Waals surface area contributed by atoms with E-state index < -0.39 is 4.92 Å². The first kappa shape index (κ1) is 17.3. The van der Waals surface area contributed by atoms with E-state index in [1.165, 1.54) is 31.2 Å². The first-order chi connectivity index (χ1) is 11.8. The summed E-state index contributed by atoms with van der Waals surface area (Å²) in [5.74, 6) is -0.523. The Morgan fingerprint density at radius 1 is 1.24 bits per heavy atom. The highest BCUT2D eigenvalue weighted by Gasteiger charge is 2.46. The van der Waals surface area contributed by atoms with E-state index in [2.05, 4.69) is 10.2 Å². The van der Waals surface area contributed by atoms with Crippen molar-refractivity contribution >= 4 is 17.6 Å². The predicted octanol–water partition coefficient (Wildman–Crippen LogP) is 1.49. The SMILES string of the molecule is CC(=O)OC1CC2CC(NC(=O)c3ccc([N+](=O)[O-])cc3)CC1N2C. The van der Waals surface area contributed by atoms with Crippen LogP contribution in [-0.4, -0.2) is 53.0 Å². The Labute approximate surface area is 145 Å². The van der Waals surface area contributed by atoms with Crippen molar-refractivity contribution in [2.75, 3.05) is 7.05 Å². The molecule has 1 amide bonds. The molecule has 0 radical (unpaired) electrons. The zero-order valence-corrected chi connectivity index (χ0v) is 14.2. The Morgan fingerprint density at radius 3 is 2.52 bits per heavy atom. The number of nitrogens with zero attached hydrogens (tertiary/aromatic N) is 2. The molecule has 2 heterocycles. The van der Waals surface area contributed by atoms with Crippen LogP contribution in [0.25, 0.3) is 0 Å². The highest BCUT2D eigenvalue weighted by Crippen LogP contribution is 2.36. The summed E-state index contributed by atoms with van der Waals surface area (Å²) in [5, 5.41) is 13.7. The lowest BCUT2D eigenvalue weighted by Gasteiger charge is -2.37. The van der Waals surface area contributed by atoms with Gasteiger partial charge in [-0.25, -0.2) is 0 Å². The van der Waals surface area contributed by atoms with Crippen molar-refractivity contribution in [2.24, 2.45) is 0 Å². The number of non-ortho nitro benzene ring substituents is 1. The molecule has 1 N–H and O–H groups in total. The molecule has 2 aliphatic rings. The summed E-state index contributed by atoms with van der Waals surface area (Å²) in [5.41, 5.74) is 0.353. The minimum Gasteiger partial charge on any atom is -0.461 e. The minimum absolute atomic E-state index is 0.00514. The molecule has 8 heteroatoms. The van der Waals surface area contributed by atoms with Gasteiger partial charge in [-0.2, -0.15) is 0 Å². The minimum atomic E-state index is -0.495. The molecule has 4 atom stereocenters. The second-order valence-electron chi connectivity index (χ2n) is 6.72. The number of nitro benzene ring substituents is 1. The first-order valence-corrected chi connectivity index (χ1v) is 8.29. The summed E-state index contributed by atoms with van der Waals surface area (Å²) in [4.78, 5) is 36.1. The molecule has 25 heavy (non-hydrogen) atoms. The number of amides is 1. The molecule has 134 valence electrons. The maximum atomic E-state index is 12.4. The number of carbonyl (C=O) groups is 2. The van der Waals surface area contributed by atoms with Gasteiger partial charge in [-0.3, -0.25) is 24.6 Å². The molecule has 0 spiro atoms. The van der Waals surface area contributed by atoms with E-state index in [0.29, 0.717) is 12.0 Å². The van der Waals surface area contributed by atoms with Gasteiger partial charge in [0, 0.05) is 49.2 Å². The van der Waals surface area contributed by atoms with Crippen molar-refractivity contribution < 1.29 is 19.2 Å². The number of hydrogen-bond donors (Lipinski definition) is 1. The number of fused-ring (bicyclic) bond motifs is 2. The van der Waals surface area contributed by atoms with E-state index in [0.717, 1.165) is 12.8 Å². The highest BCUT2D eigenvalue weighted by molar-refractivity contribution is 5.94. The van der Waals surface area contributed by atoms with Gasteiger partial charge in [-0.05, 0) is 32.0 Å². The number of nitro groups is 1. The average Bonchev–Trinajstić information content (AvgIpc) is 2.73. The third-order valence-electron chi connectivity index (χ3n) is 5.11. The van der Waals surface area contributed by atoms with Crippen LogP contribution in [0.2, 0.25) is 0 Å². The predicted molar refractivity (Wildman–Crippen MR) is 89.1 cm³/mol. The molecular formula is C17H21N3O5. The number of likely N-dealkylation sites (N-methyl/N-ethyl adjacent to an activating group) is 1. The number of nitrogens with one attached hydrogen (secondary N) is 1. The summed E-state index contributed by atoms with van der Waals surface area (Å²) in [6.45, 7) is 1.41. The largest absolute Gasteiger partial charge is 0.461 e. The molecule has 4 unspecified atom stereocenters. The fourth-order valence-corrected chi connectivity index (χ4v) is 3.88. The lowest BCUT2D eigenvalue weighted by molar-refractivity contribution is -0.384. The third kappa shape index (κ3) is 3.63. The van der Waals surface area contributed by atoms with Gasteiger partial charge < -0.3 is 10.1 Å². The lowest BCUT2D eigenvalue weighted by atomic mass is 9.97. The maximum absolute atomic E-state index is 12.4. The molecule has 0 saturated carbocycles. The van der Waals surface area contributed by atoms with E-state index in [-0.39, 0.29) is 41.8 Å². The molecule has 1 aromatic carbocycles. The van der Waals surface area contributed by atoms with Crippen molar-refractivity contribution in [3.05, 3.63) is 39.9 Å². The molecule has 1 aromatic rings. The quantitative estimate of drug-likeness (QED) is 0.503. The Bertz CT molecular complexity index is 690. The average molecular weight is 347 g/mol. The smallest absolute Gasteiger partial charge is 0.302 e. The second kappa shape index (κ2) is 6.79. The van der Waals surface area contributed by atoms with Gasteiger partial charge in [0.15, 0.2) is 0 Å². The molecule has 2 aliphatic heterocycles. The summed E-state index contributed by atoms with van der Waals surface area (Å²) in [7, 11) is 2.02. The first-order valence-electron chi connectivity index (χ1n) is 8.29. The van der Waals surface area contributed by atoms with Crippen molar-refractivity contribution in [3.63, 3.8) is 0 Å². The van der Waals surface area contributed by atoms with Gasteiger partial charge in [0.1, 0.15) is 6.10 Å². The number of hydrogen-bond acceptors (Lipinski definition) is 6. The lowest BCUT2D eigenvalue weighted by Crippen LogP contribution is -2.50. The summed E-state index contributed by atoms with van der Waals surface area (Å²) >= 11 is 0. The summed E-state index contributed by atoms with van der Waals surface area (Å²) < 4.78 is 5.41. The van der Waals surface area contributed by atoms with E-state index >= 15 is 0 Å².